The highest BCUT2D eigenvalue weighted by Crippen LogP contribution is 2.27. The summed E-state index contributed by atoms with van der Waals surface area (Å²) in [6.07, 6.45) is 5.41. The Morgan fingerprint density at radius 3 is 2.71 bits per heavy atom. The molecule has 0 radical (unpaired) electrons. The molecule has 1 saturated carbocycles. The van der Waals surface area contributed by atoms with Crippen molar-refractivity contribution in [2.24, 2.45) is 5.92 Å². The van der Waals surface area contributed by atoms with Gasteiger partial charge in [-0.1, -0.05) is 19.3 Å². The van der Waals surface area contributed by atoms with Crippen LogP contribution in [-0.4, -0.2) is 52.7 Å². The second-order valence-electron chi connectivity index (χ2n) is 6.99. The summed E-state index contributed by atoms with van der Waals surface area (Å²) in [4.78, 5) is 14.5. The predicted molar refractivity (Wildman–Crippen MR) is 88.9 cm³/mol. The van der Waals surface area contributed by atoms with Crippen LogP contribution in [0.1, 0.15) is 49.6 Å². The molecular formula is C16H25N3O4S. The normalized spacial score (nSPS) is 20.7. The van der Waals surface area contributed by atoms with E-state index in [1.54, 1.807) is 10.7 Å². The van der Waals surface area contributed by atoms with Gasteiger partial charge in [0.2, 0.25) is 5.91 Å². The van der Waals surface area contributed by atoms with Crippen molar-refractivity contribution in [2.45, 2.75) is 51.3 Å². The van der Waals surface area contributed by atoms with E-state index in [2.05, 4.69) is 5.10 Å². The fourth-order valence-corrected chi connectivity index (χ4v) is 4.36. The minimum Gasteiger partial charge on any atom is -0.386 e. The minimum absolute atomic E-state index is 0.142. The second kappa shape index (κ2) is 6.84. The van der Waals surface area contributed by atoms with Gasteiger partial charge in [0.1, 0.15) is 15.9 Å². The van der Waals surface area contributed by atoms with Gasteiger partial charge in [-0.15, -0.1) is 0 Å². The molecule has 1 amide bonds. The molecule has 1 atom stereocenters. The van der Waals surface area contributed by atoms with Gasteiger partial charge in [0.25, 0.3) is 0 Å². The van der Waals surface area contributed by atoms with Crippen molar-refractivity contribution in [2.75, 3.05) is 18.6 Å². The van der Waals surface area contributed by atoms with Crippen LogP contribution in [-0.2, 0) is 27.7 Å². The number of aromatic nitrogens is 2. The molecule has 1 aliphatic carbocycles. The molecule has 2 heterocycles. The molecule has 1 fully saturated rings. The van der Waals surface area contributed by atoms with Crippen molar-refractivity contribution in [1.29, 1.82) is 0 Å². The lowest BCUT2D eigenvalue weighted by atomic mass is 9.88. The molecule has 1 N–H and O–H groups in total. The number of hydrogen-bond donors (Lipinski definition) is 1. The summed E-state index contributed by atoms with van der Waals surface area (Å²) in [6, 6.07) is 1.72. The molecule has 1 aromatic rings. The Balaban J connectivity index is 1.68. The average molecular weight is 355 g/mol. The first-order valence-corrected chi connectivity index (χ1v) is 10.6. The molecule has 7 nitrogen and oxygen atoms in total. The van der Waals surface area contributed by atoms with E-state index < -0.39 is 15.9 Å². The van der Waals surface area contributed by atoms with Crippen LogP contribution in [0, 0.1) is 5.92 Å². The van der Waals surface area contributed by atoms with Crippen molar-refractivity contribution in [3.05, 3.63) is 17.5 Å². The van der Waals surface area contributed by atoms with E-state index in [1.807, 2.05) is 4.90 Å². The standard InChI is InChI=1S/C16H25N3O4S/c1-24(22,23)11-15(20)14-9-13-10-18(7-8-19(13)17-14)16(21)12-5-3-2-4-6-12/h9,12,15,20H,2-8,10-11H2,1H3/t15-/m1/s1. The largest absolute Gasteiger partial charge is 0.386 e. The zero-order valence-corrected chi connectivity index (χ0v) is 14.8. The Morgan fingerprint density at radius 2 is 2.04 bits per heavy atom. The predicted octanol–water partition coefficient (Wildman–Crippen LogP) is 0.884. The van der Waals surface area contributed by atoms with E-state index in [9.17, 15) is 18.3 Å². The van der Waals surface area contributed by atoms with E-state index in [4.69, 9.17) is 0 Å². The van der Waals surface area contributed by atoms with Crippen molar-refractivity contribution in [1.82, 2.24) is 14.7 Å². The molecule has 1 aliphatic heterocycles. The Labute approximate surface area is 142 Å². The lowest BCUT2D eigenvalue weighted by Crippen LogP contribution is -2.42. The fourth-order valence-electron chi connectivity index (χ4n) is 3.62. The third kappa shape index (κ3) is 3.97. The number of rotatable bonds is 4. The van der Waals surface area contributed by atoms with Crippen LogP contribution in [0.15, 0.2) is 6.07 Å². The van der Waals surface area contributed by atoms with Gasteiger partial charge >= 0.3 is 0 Å². The zero-order chi connectivity index (χ0) is 17.3. The second-order valence-corrected chi connectivity index (χ2v) is 9.17. The molecule has 24 heavy (non-hydrogen) atoms. The monoisotopic (exact) mass is 355 g/mol. The number of hydrogen-bond acceptors (Lipinski definition) is 5. The number of aliphatic hydroxyl groups excluding tert-OH is 1. The number of amides is 1. The number of nitrogens with zero attached hydrogens (tertiary/aromatic N) is 3. The lowest BCUT2D eigenvalue weighted by Gasteiger charge is -2.32. The van der Waals surface area contributed by atoms with E-state index in [1.165, 1.54) is 6.42 Å². The van der Waals surface area contributed by atoms with Gasteiger partial charge in [-0.2, -0.15) is 5.10 Å². The first-order valence-electron chi connectivity index (χ1n) is 8.55. The van der Waals surface area contributed by atoms with Crippen LogP contribution in [0.3, 0.4) is 0 Å². The number of carbonyl (C=O) groups excluding carboxylic acids is 1. The van der Waals surface area contributed by atoms with Gasteiger partial charge < -0.3 is 10.0 Å². The lowest BCUT2D eigenvalue weighted by molar-refractivity contribution is -0.138. The molecular weight excluding hydrogens is 330 g/mol. The molecule has 2 aliphatic rings. The highest BCUT2D eigenvalue weighted by Gasteiger charge is 2.30. The molecule has 1 aromatic heterocycles. The first-order chi connectivity index (χ1) is 11.3. The molecule has 0 bridgehead atoms. The smallest absolute Gasteiger partial charge is 0.226 e. The molecule has 0 spiro atoms. The molecule has 0 aromatic carbocycles. The summed E-state index contributed by atoms with van der Waals surface area (Å²) in [5.74, 6) is 0.0256. The summed E-state index contributed by atoms with van der Waals surface area (Å²) in [5, 5.41) is 14.4. The van der Waals surface area contributed by atoms with E-state index in [0.717, 1.165) is 37.6 Å². The van der Waals surface area contributed by atoms with Crippen LogP contribution in [0.2, 0.25) is 0 Å². The minimum atomic E-state index is -3.28. The Morgan fingerprint density at radius 1 is 1.33 bits per heavy atom. The average Bonchev–Trinajstić information content (AvgIpc) is 2.96. The summed E-state index contributed by atoms with van der Waals surface area (Å²) in [5.41, 5.74) is 1.22. The van der Waals surface area contributed by atoms with Crippen LogP contribution in [0.25, 0.3) is 0 Å². The first kappa shape index (κ1) is 17.4. The third-order valence-electron chi connectivity index (χ3n) is 4.88. The molecule has 0 unspecified atom stereocenters. The molecule has 134 valence electrons. The summed E-state index contributed by atoms with van der Waals surface area (Å²) in [7, 11) is -3.28. The van der Waals surface area contributed by atoms with Gasteiger partial charge in [0, 0.05) is 18.7 Å². The van der Waals surface area contributed by atoms with E-state index in [0.29, 0.717) is 25.3 Å². The number of fused-ring (bicyclic) bond motifs is 1. The maximum Gasteiger partial charge on any atom is 0.226 e. The topological polar surface area (TPSA) is 92.5 Å². The van der Waals surface area contributed by atoms with Gasteiger partial charge in [-0.3, -0.25) is 9.48 Å². The molecule has 8 heteroatoms. The third-order valence-corrected chi connectivity index (χ3v) is 5.81. The van der Waals surface area contributed by atoms with Crippen molar-refractivity contribution in [3.63, 3.8) is 0 Å². The number of aliphatic hydroxyl groups is 1. The zero-order valence-electron chi connectivity index (χ0n) is 14.0. The quantitative estimate of drug-likeness (QED) is 0.866. The molecule has 3 rings (SSSR count). The van der Waals surface area contributed by atoms with Crippen LogP contribution < -0.4 is 0 Å². The Hall–Kier alpha value is -1.41. The SMILES string of the molecule is CS(=O)(=O)C[C@@H](O)c1cc2n(n1)CCN(C(=O)C1CCCCC1)C2. The Kier molecular flexibility index (Phi) is 4.96. The Bertz CT molecular complexity index is 707. The van der Waals surface area contributed by atoms with Crippen molar-refractivity contribution in [3.8, 4) is 0 Å². The fraction of sp³-hybridized carbons (Fsp3) is 0.750. The van der Waals surface area contributed by atoms with Crippen LogP contribution in [0.4, 0.5) is 0 Å². The van der Waals surface area contributed by atoms with E-state index in [-0.39, 0.29) is 17.6 Å². The summed E-state index contributed by atoms with van der Waals surface area (Å²) >= 11 is 0. The van der Waals surface area contributed by atoms with Gasteiger partial charge in [0.15, 0.2) is 0 Å². The highest BCUT2D eigenvalue weighted by molar-refractivity contribution is 7.90. The van der Waals surface area contributed by atoms with Gasteiger partial charge in [-0.25, -0.2) is 8.42 Å². The summed E-state index contributed by atoms with van der Waals surface area (Å²) < 4.78 is 24.4. The summed E-state index contributed by atoms with van der Waals surface area (Å²) in [6.45, 7) is 1.68. The number of carbonyl (C=O) groups is 1. The maximum absolute atomic E-state index is 12.7. The molecule has 0 saturated heterocycles. The highest BCUT2D eigenvalue weighted by atomic mass is 32.2. The van der Waals surface area contributed by atoms with Crippen LogP contribution in [0.5, 0.6) is 0 Å². The van der Waals surface area contributed by atoms with Gasteiger partial charge in [-0.05, 0) is 18.9 Å². The number of sulfone groups is 1. The van der Waals surface area contributed by atoms with Gasteiger partial charge in [0.05, 0.1) is 30.2 Å². The maximum atomic E-state index is 12.7. The van der Waals surface area contributed by atoms with Crippen LogP contribution >= 0.6 is 0 Å². The van der Waals surface area contributed by atoms with Crippen molar-refractivity contribution < 1.29 is 18.3 Å². The van der Waals surface area contributed by atoms with Crippen molar-refractivity contribution >= 4 is 15.7 Å². The van der Waals surface area contributed by atoms with E-state index >= 15 is 0 Å².